The van der Waals surface area contributed by atoms with Crippen LogP contribution >= 0.6 is 0 Å². The molecule has 0 radical (unpaired) electrons. The first-order chi connectivity index (χ1) is 0. The van der Waals surface area contributed by atoms with E-state index in [1.54, 1.807) is 0 Å². The summed E-state index contributed by atoms with van der Waals surface area (Å²) in [7, 11) is 0. The maximum absolute atomic E-state index is 0. The molecule has 0 amide bonds. The van der Waals surface area contributed by atoms with Crippen molar-refractivity contribution in [2.24, 2.45) is 0 Å². The van der Waals surface area contributed by atoms with E-state index in [4.69, 9.17) is 0 Å². The minimum absolute atomic E-state index is 0. The van der Waals surface area contributed by atoms with Crippen molar-refractivity contribution in [1.82, 2.24) is 0 Å². The van der Waals surface area contributed by atoms with Crippen molar-refractivity contribution in [2.75, 3.05) is 0 Å². The van der Waals surface area contributed by atoms with Crippen LogP contribution in [0.3, 0.4) is 0 Å². The van der Waals surface area contributed by atoms with E-state index in [-0.39, 0.29) is 93.1 Å². The molecule has 7 heavy (non-hydrogen) atoms. The molecule has 32 valence electrons. The van der Waals surface area contributed by atoms with Crippen LogP contribution in [0.25, 0.3) is 0 Å². The Labute approximate surface area is 92.0 Å². The van der Waals surface area contributed by atoms with E-state index in [1.807, 2.05) is 0 Å². The van der Waals surface area contributed by atoms with Gasteiger partial charge < -0.3 is 21.9 Å². The molecule has 0 unspecified atom stereocenters. The molecule has 0 aliphatic heterocycles. The van der Waals surface area contributed by atoms with Gasteiger partial charge in [-0.3, -0.25) is 0 Å². The summed E-state index contributed by atoms with van der Waals surface area (Å²) in [6.07, 6.45) is 0. The first-order valence-electron chi connectivity index (χ1n) is 0. The zero-order chi connectivity index (χ0) is 0. The summed E-state index contributed by atoms with van der Waals surface area (Å²) >= 11 is 0. The zero-order valence-corrected chi connectivity index (χ0v) is 13.1. The Balaban J connectivity index is 0. The van der Waals surface area contributed by atoms with E-state index in [0.717, 1.165) is 0 Å². The molecule has 0 saturated heterocycles. The van der Waals surface area contributed by atoms with Gasteiger partial charge in [0, 0.05) is 0 Å². The van der Waals surface area contributed by atoms with Crippen LogP contribution in [0.4, 0.5) is 0 Å². The maximum Gasteiger partial charge on any atom is 3.00 e. The summed E-state index contributed by atoms with van der Waals surface area (Å²) in [5.74, 6) is 0. The predicted octanol–water partition coefficient (Wildman–Crippen LogP) is -1.24. The topological polar surface area (TPSA) is 114 Å². The average Bonchev–Trinajstić information content (AvgIpc) is 0. The molecule has 0 N–H and O–H groups in total. The van der Waals surface area contributed by atoms with Gasteiger partial charge in [-0.1, -0.05) is 0 Å². The van der Waals surface area contributed by atoms with Crippen molar-refractivity contribution in [3.05, 3.63) is 0 Å². The molecule has 0 spiro atoms. The number of hydrogen-bond donors (Lipinski definition) is 0. The second-order valence-corrected chi connectivity index (χ2v) is 0. The van der Waals surface area contributed by atoms with E-state index >= 15 is 0 Å². The summed E-state index contributed by atoms with van der Waals surface area (Å²) in [4.78, 5) is 0. The largest absolute Gasteiger partial charge is 3.00 e. The van der Waals surface area contributed by atoms with Gasteiger partial charge in [0.05, 0.1) is 0 Å². The van der Waals surface area contributed by atoms with Crippen LogP contribution in [0.5, 0.6) is 0 Å². The summed E-state index contributed by atoms with van der Waals surface area (Å²) < 4.78 is 0. The van der Waals surface area contributed by atoms with E-state index in [0.29, 0.717) is 0 Å². The van der Waals surface area contributed by atoms with Crippen molar-refractivity contribution < 1.29 is 41.4 Å². The monoisotopic (exact) mass is 358 g/mol. The van der Waals surface area contributed by atoms with Gasteiger partial charge in [0.15, 0.2) is 0 Å². The molecule has 4 nitrogen and oxygen atoms in total. The summed E-state index contributed by atoms with van der Waals surface area (Å²) in [6.45, 7) is 0. The molecule has 0 aromatic rings. The first-order valence-corrected chi connectivity index (χ1v) is 0. The van der Waals surface area contributed by atoms with Gasteiger partial charge in [0.25, 0.3) is 0 Å². The Morgan fingerprint density at radius 3 is 0.429 bits per heavy atom. The fourth-order valence-electron chi connectivity index (χ4n) is 0. The van der Waals surface area contributed by atoms with Gasteiger partial charge in [-0.05, 0) is 0 Å². The first kappa shape index (κ1) is 128. The predicted molar refractivity (Wildman–Crippen MR) is 14.3 cm³/mol. The standard InChI is InChI=1S/2In.4O.Zn/q2*+3;4*-2;+2. The molecular formula is In2O4Zn. The molecular weight excluding hydrogens is 359 g/mol. The molecule has 0 fully saturated rings. The maximum atomic E-state index is 0. The van der Waals surface area contributed by atoms with E-state index in [2.05, 4.69) is 0 Å². The molecule has 0 saturated carbocycles. The van der Waals surface area contributed by atoms with Crippen molar-refractivity contribution >= 4 is 51.7 Å². The van der Waals surface area contributed by atoms with E-state index in [1.165, 1.54) is 0 Å². The second kappa shape index (κ2) is 87.7. The minimum Gasteiger partial charge on any atom is -2.00 e. The summed E-state index contributed by atoms with van der Waals surface area (Å²) in [5.41, 5.74) is 0. The van der Waals surface area contributed by atoms with Gasteiger partial charge in [0.2, 0.25) is 0 Å². The van der Waals surface area contributed by atoms with Gasteiger partial charge in [0.1, 0.15) is 0 Å². The Morgan fingerprint density at radius 1 is 0.429 bits per heavy atom. The van der Waals surface area contributed by atoms with Gasteiger partial charge in [-0.25, -0.2) is 0 Å². The van der Waals surface area contributed by atoms with Gasteiger partial charge in [-0.15, -0.1) is 0 Å². The van der Waals surface area contributed by atoms with Crippen LogP contribution in [0.15, 0.2) is 0 Å². The number of rotatable bonds is 0. The molecule has 0 atom stereocenters. The smallest absolute Gasteiger partial charge is 2.00 e. The Morgan fingerprint density at radius 2 is 0.429 bits per heavy atom. The average molecular weight is 359 g/mol. The van der Waals surface area contributed by atoms with E-state index < -0.39 is 0 Å². The van der Waals surface area contributed by atoms with Gasteiger partial charge in [-0.2, -0.15) is 0 Å². The third-order valence-electron chi connectivity index (χ3n) is 0. The Bertz CT molecular complexity index is 9.65. The van der Waals surface area contributed by atoms with Crippen LogP contribution in [-0.4, -0.2) is 51.7 Å². The Hall–Kier alpha value is 2.20. The molecule has 0 aliphatic carbocycles. The Kier molecular flexibility index (Phi) is 1600. The molecule has 0 aliphatic rings. The summed E-state index contributed by atoms with van der Waals surface area (Å²) in [6, 6.07) is 0. The SMILES string of the molecule is [In+3].[In+3].[O-2].[O-2].[O-2].[O-2].[Zn+2]. The molecule has 0 aromatic carbocycles. The quantitative estimate of drug-likeness (QED) is 0.482. The fourth-order valence-corrected chi connectivity index (χ4v) is 0. The molecule has 0 rings (SSSR count). The van der Waals surface area contributed by atoms with Crippen LogP contribution in [0.2, 0.25) is 0 Å². The van der Waals surface area contributed by atoms with Crippen LogP contribution in [-0.2, 0) is 41.4 Å². The normalized spacial score (nSPS) is 0. The molecule has 7 heteroatoms. The minimum atomic E-state index is 0. The van der Waals surface area contributed by atoms with E-state index in [9.17, 15) is 0 Å². The van der Waals surface area contributed by atoms with Gasteiger partial charge >= 0.3 is 71.2 Å². The third kappa shape index (κ3) is 65.0. The molecule has 0 bridgehead atoms. The van der Waals surface area contributed by atoms with Crippen molar-refractivity contribution in [3.8, 4) is 0 Å². The zero-order valence-electron chi connectivity index (χ0n) is 3.49. The number of hydrogen-bond acceptors (Lipinski definition) is 0. The molecule has 0 aromatic heterocycles. The van der Waals surface area contributed by atoms with Crippen molar-refractivity contribution in [2.45, 2.75) is 0 Å². The third-order valence-corrected chi connectivity index (χ3v) is 0. The van der Waals surface area contributed by atoms with Crippen LogP contribution in [0, 0.1) is 0 Å². The van der Waals surface area contributed by atoms with Crippen LogP contribution < -0.4 is 0 Å². The molecule has 0 heterocycles. The summed E-state index contributed by atoms with van der Waals surface area (Å²) in [5, 5.41) is 0. The van der Waals surface area contributed by atoms with Crippen molar-refractivity contribution in [1.29, 1.82) is 0 Å². The second-order valence-electron chi connectivity index (χ2n) is 0. The van der Waals surface area contributed by atoms with Crippen LogP contribution in [0.1, 0.15) is 0 Å². The fraction of sp³-hybridized carbons (Fsp3) is 0. The van der Waals surface area contributed by atoms with Crippen molar-refractivity contribution in [3.63, 3.8) is 0 Å².